The molecule has 1 aliphatic rings. The van der Waals surface area contributed by atoms with Crippen molar-refractivity contribution in [2.45, 2.75) is 20.4 Å². The number of amides is 1. The van der Waals surface area contributed by atoms with Gasteiger partial charge in [0.15, 0.2) is 5.13 Å². The van der Waals surface area contributed by atoms with E-state index in [0.29, 0.717) is 6.54 Å². The van der Waals surface area contributed by atoms with Gasteiger partial charge in [0, 0.05) is 56.7 Å². The average molecular weight is 438 g/mol. The Morgan fingerprint density at radius 3 is 2.55 bits per heavy atom. The Hall–Kier alpha value is -3.04. The molecule has 1 saturated heterocycles. The Morgan fingerprint density at radius 2 is 1.84 bits per heavy atom. The van der Waals surface area contributed by atoms with Crippen LogP contribution in [0.5, 0.6) is 0 Å². The van der Waals surface area contributed by atoms with Gasteiger partial charge >= 0.3 is 0 Å². The number of likely N-dealkylation sites (N-methyl/N-ethyl adjacent to an activating group) is 1. The number of rotatable bonds is 6. The molecule has 0 bridgehead atoms. The number of nitrogens with one attached hydrogen (secondary N) is 2. The Labute approximate surface area is 186 Å². The van der Waals surface area contributed by atoms with Crippen LogP contribution in [0.25, 0.3) is 11.3 Å². The fourth-order valence-corrected chi connectivity index (χ4v) is 4.13. The minimum Gasteiger partial charge on any atom is -0.354 e. The molecule has 1 amide bonds. The van der Waals surface area contributed by atoms with Crippen LogP contribution in [-0.2, 0) is 11.3 Å². The molecule has 0 saturated carbocycles. The number of benzene rings is 1. The van der Waals surface area contributed by atoms with Crippen molar-refractivity contribution in [2.75, 3.05) is 43.4 Å². The number of hydrogen-bond acceptors (Lipinski definition) is 8. The van der Waals surface area contributed by atoms with E-state index < -0.39 is 0 Å². The van der Waals surface area contributed by atoms with Crippen molar-refractivity contribution < 1.29 is 4.79 Å². The summed E-state index contributed by atoms with van der Waals surface area (Å²) in [4.78, 5) is 29.6. The molecule has 1 fully saturated rings. The normalized spacial score (nSPS) is 14.5. The van der Waals surface area contributed by atoms with E-state index in [1.807, 2.05) is 42.6 Å². The standard InChI is InChI=1S/C22H27N7OS/c1-15-24-20(12-21(25-15)29-10-8-28(3)9-11-29)27-22-26-19(14-31-22)18-6-4-17(5-7-18)13-23-16(2)30/h4-7,12,14H,8-11,13H2,1-3H3,(H,23,30)(H,24,25,26,27). The molecule has 8 nitrogen and oxygen atoms in total. The predicted molar refractivity (Wildman–Crippen MR) is 125 cm³/mol. The Morgan fingerprint density at radius 1 is 1.10 bits per heavy atom. The Balaban J connectivity index is 1.44. The van der Waals surface area contributed by atoms with Crippen molar-refractivity contribution in [2.24, 2.45) is 0 Å². The maximum absolute atomic E-state index is 11.1. The fraction of sp³-hybridized carbons (Fsp3) is 0.364. The van der Waals surface area contributed by atoms with Gasteiger partial charge in [0.05, 0.1) is 5.69 Å². The summed E-state index contributed by atoms with van der Waals surface area (Å²) in [7, 11) is 2.15. The molecule has 2 N–H and O–H groups in total. The van der Waals surface area contributed by atoms with Gasteiger partial charge in [-0.05, 0) is 19.5 Å². The molecule has 1 aromatic carbocycles. The van der Waals surface area contributed by atoms with Gasteiger partial charge in [0.2, 0.25) is 5.91 Å². The number of carbonyl (C=O) groups excluding carboxylic acids is 1. The van der Waals surface area contributed by atoms with Gasteiger partial charge in [-0.2, -0.15) is 0 Å². The fourth-order valence-electron chi connectivity index (χ4n) is 3.41. The number of aromatic nitrogens is 3. The van der Waals surface area contributed by atoms with Gasteiger partial charge in [-0.1, -0.05) is 24.3 Å². The van der Waals surface area contributed by atoms with Crippen LogP contribution in [0.4, 0.5) is 16.8 Å². The molecule has 3 heterocycles. The molecule has 0 unspecified atom stereocenters. The van der Waals surface area contributed by atoms with Crippen molar-refractivity contribution >= 4 is 34.0 Å². The highest BCUT2D eigenvalue weighted by molar-refractivity contribution is 7.14. The summed E-state index contributed by atoms with van der Waals surface area (Å²) < 4.78 is 0. The van der Waals surface area contributed by atoms with E-state index in [2.05, 4.69) is 37.4 Å². The smallest absolute Gasteiger partial charge is 0.217 e. The summed E-state index contributed by atoms with van der Waals surface area (Å²) in [6, 6.07) is 10.1. The summed E-state index contributed by atoms with van der Waals surface area (Å²) in [6.07, 6.45) is 0. The first-order valence-electron chi connectivity index (χ1n) is 10.3. The van der Waals surface area contributed by atoms with Gasteiger partial charge in [-0.3, -0.25) is 4.79 Å². The van der Waals surface area contributed by atoms with Gasteiger partial charge in [0.25, 0.3) is 0 Å². The van der Waals surface area contributed by atoms with Crippen molar-refractivity contribution in [3.63, 3.8) is 0 Å². The van der Waals surface area contributed by atoms with E-state index in [1.54, 1.807) is 11.3 Å². The molecule has 0 spiro atoms. The van der Waals surface area contributed by atoms with E-state index in [-0.39, 0.29) is 5.91 Å². The average Bonchev–Trinajstić information content (AvgIpc) is 3.21. The van der Waals surface area contributed by atoms with Gasteiger partial charge in [-0.25, -0.2) is 15.0 Å². The quantitative estimate of drug-likeness (QED) is 0.613. The second kappa shape index (κ2) is 9.40. The molecular weight excluding hydrogens is 410 g/mol. The molecule has 0 atom stereocenters. The number of thiazole rings is 1. The molecule has 0 aliphatic carbocycles. The molecule has 0 radical (unpaired) electrons. The highest BCUT2D eigenvalue weighted by Crippen LogP contribution is 2.28. The van der Waals surface area contributed by atoms with Crippen LogP contribution in [0.2, 0.25) is 0 Å². The Bertz CT molecular complexity index is 1040. The highest BCUT2D eigenvalue weighted by atomic mass is 32.1. The van der Waals surface area contributed by atoms with Crippen LogP contribution in [0, 0.1) is 6.92 Å². The zero-order chi connectivity index (χ0) is 21.8. The topological polar surface area (TPSA) is 86.3 Å². The van der Waals surface area contributed by atoms with Crippen LogP contribution in [0.15, 0.2) is 35.7 Å². The number of carbonyl (C=O) groups is 1. The lowest BCUT2D eigenvalue weighted by molar-refractivity contribution is -0.119. The number of aryl methyl sites for hydroxylation is 1. The molecule has 3 aromatic rings. The SMILES string of the molecule is CC(=O)NCc1ccc(-c2csc(Nc3cc(N4CCN(C)CC4)nc(C)n3)n2)cc1. The number of nitrogens with zero attached hydrogens (tertiary/aromatic N) is 5. The lowest BCUT2D eigenvalue weighted by Crippen LogP contribution is -2.44. The molecule has 9 heteroatoms. The van der Waals surface area contributed by atoms with E-state index in [9.17, 15) is 4.79 Å². The zero-order valence-corrected chi connectivity index (χ0v) is 18.9. The van der Waals surface area contributed by atoms with Crippen LogP contribution < -0.4 is 15.5 Å². The molecule has 2 aromatic heterocycles. The maximum atomic E-state index is 11.1. The van der Waals surface area contributed by atoms with Crippen LogP contribution in [0.1, 0.15) is 18.3 Å². The van der Waals surface area contributed by atoms with Gasteiger partial charge < -0.3 is 20.4 Å². The van der Waals surface area contributed by atoms with Crippen LogP contribution in [0.3, 0.4) is 0 Å². The minimum absolute atomic E-state index is 0.0324. The highest BCUT2D eigenvalue weighted by Gasteiger charge is 2.17. The number of piperazine rings is 1. The maximum Gasteiger partial charge on any atom is 0.217 e. The van der Waals surface area contributed by atoms with Crippen molar-refractivity contribution in [3.05, 3.63) is 47.1 Å². The van der Waals surface area contributed by atoms with E-state index in [0.717, 1.165) is 65.6 Å². The van der Waals surface area contributed by atoms with Gasteiger partial charge in [-0.15, -0.1) is 11.3 Å². The third kappa shape index (κ3) is 5.56. The molecule has 1 aliphatic heterocycles. The van der Waals surface area contributed by atoms with Crippen molar-refractivity contribution in [3.8, 4) is 11.3 Å². The molecular formula is C22H27N7OS. The van der Waals surface area contributed by atoms with E-state index in [4.69, 9.17) is 4.98 Å². The largest absolute Gasteiger partial charge is 0.354 e. The van der Waals surface area contributed by atoms with E-state index in [1.165, 1.54) is 6.92 Å². The third-order valence-corrected chi connectivity index (χ3v) is 5.94. The summed E-state index contributed by atoms with van der Waals surface area (Å²) in [5.74, 6) is 2.42. The third-order valence-electron chi connectivity index (χ3n) is 5.18. The lowest BCUT2D eigenvalue weighted by atomic mass is 10.1. The molecule has 4 rings (SSSR count). The summed E-state index contributed by atoms with van der Waals surface area (Å²) in [6.45, 7) is 7.96. The van der Waals surface area contributed by atoms with Crippen LogP contribution >= 0.6 is 11.3 Å². The summed E-state index contributed by atoms with van der Waals surface area (Å²) in [5.41, 5.74) is 3.00. The molecule has 162 valence electrons. The predicted octanol–water partition coefficient (Wildman–Crippen LogP) is 3.04. The van der Waals surface area contributed by atoms with Gasteiger partial charge in [0.1, 0.15) is 17.5 Å². The number of hydrogen-bond donors (Lipinski definition) is 2. The monoisotopic (exact) mass is 437 g/mol. The number of anilines is 3. The first kappa shape index (κ1) is 21.2. The molecule has 31 heavy (non-hydrogen) atoms. The first-order chi connectivity index (χ1) is 15.0. The minimum atomic E-state index is -0.0324. The van der Waals surface area contributed by atoms with E-state index >= 15 is 0 Å². The van der Waals surface area contributed by atoms with Crippen molar-refractivity contribution in [1.29, 1.82) is 0 Å². The Kier molecular flexibility index (Phi) is 6.43. The van der Waals surface area contributed by atoms with Crippen molar-refractivity contribution in [1.82, 2.24) is 25.2 Å². The lowest BCUT2D eigenvalue weighted by Gasteiger charge is -2.33. The zero-order valence-electron chi connectivity index (χ0n) is 18.1. The second-order valence-electron chi connectivity index (χ2n) is 7.72. The summed E-state index contributed by atoms with van der Waals surface area (Å²) >= 11 is 1.55. The second-order valence-corrected chi connectivity index (χ2v) is 8.58. The van der Waals surface area contributed by atoms with Crippen LogP contribution in [-0.4, -0.2) is 59.0 Å². The first-order valence-corrected chi connectivity index (χ1v) is 11.2. The summed E-state index contributed by atoms with van der Waals surface area (Å²) in [5, 5.41) is 8.97.